The number of aromatic carboxylic acids is 1. The van der Waals surface area contributed by atoms with Gasteiger partial charge in [0.15, 0.2) is 0 Å². The molecule has 0 spiro atoms. The highest BCUT2D eigenvalue weighted by Gasteiger charge is 2.03. The maximum Gasteiger partial charge on any atom is 0.201 e. The van der Waals surface area contributed by atoms with E-state index in [0.717, 1.165) is 0 Å². The summed E-state index contributed by atoms with van der Waals surface area (Å²) < 4.78 is 0. The third-order valence-corrected chi connectivity index (χ3v) is 2.46. The van der Waals surface area contributed by atoms with Gasteiger partial charge in [-0.3, -0.25) is 4.79 Å². The fourth-order valence-corrected chi connectivity index (χ4v) is 1.57. The van der Waals surface area contributed by atoms with Gasteiger partial charge in [-0.15, -0.1) is 0 Å². The average molecular weight is 240 g/mol. The number of benzene rings is 1. The van der Waals surface area contributed by atoms with E-state index in [4.69, 9.17) is 0 Å². The van der Waals surface area contributed by atoms with Gasteiger partial charge >= 0.3 is 0 Å². The Hall–Kier alpha value is -2.62. The molecule has 1 aromatic heterocycles. The van der Waals surface area contributed by atoms with Gasteiger partial charge in [-0.1, -0.05) is 30.3 Å². The van der Waals surface area contributed by atoms with E-state index in [1.165, 1.54) is 18.2 Å². The average Bonchev–Trinajstić information content (AvgIpc) is 2.90. The zero-order valence-corrected chi connectivity index (χ0v) is 9.42. The number of hydrogen-bond acceptors (Lipinski definition) is 3. The molecule has 0 atom stereocenters. The Morgan fingerprint density at radius 2 is 1.89 bits per heavy atom. The van der Waals surface area contributed by atoms with Gasteiger partial charge in [-0.05, 0) is 23.8 Å². The van der Waals surface area contributed by atoms with Crippen LogP contribution in [0.5, 0.6) is 0 Å². The summed E-state index contributed by atoms with van der Waals surface area (Å²) in [4.78, 5) is 25.3. The SMILES string of the molecule is O=C(/C=C/c1ccccc1C(=O)[O-])c1ccc[nH]1. The van der Waals surface area contributed by atoms with Crippen LogP contribution in [0.4, 0.5) is 0 Å². The molecule has 0 aliphatic carbocycles. The van der Waals surface area contributed by atoms with Crippen LogP contribution in [-0.2, 0) is 0 Å². The van der Waals surface area contributed by atoms with Crippen LogP contribution in [0.1, 0.15) is 26.4 Å². The number of nitrogens with one attached hydrogen (secondary N) is 1. The van der Waals surface area contributed by atoms with E-state index in [2.05, 4.69) is 4.98 Å². The Balaban J connectivity index is 2.24. The standard InChI is InChI=1S/C14H11NO3/c16-13(12-6-3-9-15-12)8-7-10-4-1-2-5-11(10)14(17)18/h1-9,15H,(H,17,18)/p-1/b8-7+. The Morgan fingerprint density at radius 1 is 1.11 bits per heavy atom. The van der Waals surface area contributed by atoms with E-state index in [1.807, 2.05) is 0 Å². The van der Waals surface area contributed by atoms with E-state index in [9.17, 15) is 14.7 Å². The molecule has 2 rings (SSSR count). The topological polar surface area (TPSA) is 73.0 Å². The molecule has 0 amide bonds. The maximum absolute atomic E-state index is 11.7. The van der Waals surface area contributed by atoms with Crippen molar-refractivity contribution in [2.75, 3.05) is 0 Å². The van der Waals surface area contributed by atoms with Crippen molar-refractivity contribution in [2.24, 2.45) is 0 Å². The van der Waals surface area contributed by atoms with Crippen molar-refractivity contribution in [3.8, 4) is 0 Å². The Morgan fingerprint density at radius 3 is 2.56 bits per heavy atom. The Labute approximate surface area is 104 Å². The second-order valence-electron chi connectivity index (χ2n) is 3.66. The Bertz CT molecular complexity index is 597. The van der Waals surface area contributed by atoms with Crippen molar-refractivity contribution < 1.29 is 14.7 Å². The minimum absolute atomic E-state index is 0.0630. The number of rotatable bonds is 4. The number of aromatic amines is 1. The first-order valence-corrected chi connectivity index (χ1v) is 5.34. The number of H-pyrrole nitrogens is 1. The van der Waals surface area contributed by atoms with E-state index in [0.29, 0.717) is 11.3 Å². The van der Waals surface area contributed by atoms with Crippen molar-refractivity contribution in [3.63, 3.8) is 0 Å². The number of carbonyl (C=O) groups excluding carboxylic acids is 2. The monoisotopic (exact) mass is 240 g/mol. The highest BCUT2D eigenvalue weighted by Crippen LogP contribution is 2.10. The van der Waals surface area contributed by atoms with Crippen molar-refractivity contribution >= 4 is 17.8 Å². The summed E-state index contributed by atoms with van der Waals surface area (Å²) in [5.41, 5.74) is 0.961. The third kappa shape index (κ3) is 2.55. The molecule has 90 valence electrons. The molecule has 0 unspecified atom stereocenters. The molecule has 1 heterocycles. The normalized spacial score (nSPS) is 10.7. The minimum Gasteiger partial charge on any atom is -0.545 e. The number of carboxylic acid groups (broad SMARTS) is 1. The van der Waals surface area contributed by atoms with Crippen LogP contribution >= 0.6 is 0 Å². The molecule has 0 saturated carbocycles. The zero-order chi connectivity index (χ0) is 13.0. The van der Waals surface area contributed by atoms with E-state index in [1.54, 1.807) is 36.5 Å². The van der Waals surface area contributed by atoms with Gasteiger partial charge in [0.1, 0.15) is 0 Å². The molecule has 0 saturated heterocycles. The lowest BCUT2D eigenvalue weighted by Gasteiger charge is -2.05. The van der Waals surface area contributed by atoms with Gasteiger partial charge in [0.05, 0.1) is 11.7 Å². The van der Waals surface area contributed by atoms with Crippen LogP contribution in [0, 0.1) is 0 Å². The van der Waals surface area contributed by atoms with E-state index >= 15 is 0 Å². The lowest BCUT2D eigenvalue weighted by atomic mass is 10.1. The van der Waals surface area contributed by atoms with Gasteiger partial charge in [0.2, 0.25) is 5.78 Å². The summed E-state index contributed by atoms with van der Waals surface area (Å²) in [6.45, 7) is 0. The van der Waals surface area contributed by atoms with Crippen molar-refractivity contribution in [1.82, 2.24) is 4.98 Å². The summed E-state index contributed by atoms with van der Waals surface area (Å²) in [5.74, 6) is -1.48. The fourth-order valence-electron chi connectivity index (χ4n) is 1.57. The van der Waals surface area contributed by atoms with Gasteiger partial charge in [-0.2, -0.15) is 0 Å². The van der Waals surface area contributed by atoms with E-state index in [-0.39, 0.29) is 11.3 Å². The number of ketones is 1. The molecular formula is C14H10NO3-. The first kappa shape index (κ1) is 11.9. The number of carboxylic acids is 1. The summed E-state index contributed by atoms with van der Waals surface area (Å²) in [7, 11) is 0. The molecule has 18 heavy (non-hydrogen) atoms. The number of aromatic nitrogens is 1. The quantitative estimate of drug-likeness (QED) is 0.646. The summed E-state index contributed by atoms with van der Waals surface area (Å²) in [6.07, 6.45) is 4.44. The first-order chi connectivity index (χ1) is 8.68. The molecule has 1 N–H and O–H groups in total. The van der Waals surface area contributed by atoms with Gasteiger partial charge < -0.3 is 14.9 Å². The molecule has 0 aliphatic heterocycles. The van der Waals surface area contributed by atoms with Crippen molar-refractivity contribution in [2.45, 2.75) is 0 Å². The second kappa shape index (κ2) is 5.14. The predicted octanol–water partition coefficient (Wildman–Crippen LogP) is 1.27. The van der Waals surface area contributed by atoms with Gasteiger partial charge in [0.25, 0.3) is 0 Å². The number of allylic oxidation sites excluding steroid dienone is 1. The smallest absolute Gasteiger partial charge is 0.201 e. The summed E-state index contributed by atoms with van der Waals surface area (Å²) >= 11 is 0. The number of carbonyl (C=O) groups is 2. The molecule has 4 nitrogen and oxygen atoms in total. The zero-order valence-electron chi connectivity index (χ0n) is 9.42. The predicted molar refractivity (Wildman–Crippen MR) is 64.9 cm³/mol. The fraction of sp³-hybridized carbons (Fsp3) is 0. The van der Waals surface area contributed by atoms with Crippen LogP contribution in [0.3, 0.4) is 0 Å². The van der Waals surface area contributed by atoms with Crippen LogP contribution < -0.4 is 5.11 Å². The second-order valence-corrected chi connectivity index (χ2v) is 3.66. The lowest BCUT2D eigenvalue weighted by Crippen LogP contribution is -2.23. The minimum atomic E-state index is -1.26. The summed E-state index contributed by atoms with van der Waals surface area (Å²) in [6, 6.07) is 9.73. The van der Waals surface area contributed by atoms with Crippen molar-refractivity contribution in [1.29, 1.82) is 0 Å². The highest BCUT2D eigenvalue weighted by atomic mass is 16.4. The lowest BCUT2D eigenvalue weighted by molar-refractivity contribution is -0.255. The first-order valence-electron chi connectivity index (χ1n) is 5.34. The molecule has 0 fully saturated rings. The molecular weight excluding hydrogens is 230 g/mol. The third-order valence-electron chi connectivity index (χ3n) is 2.46. The molecule has 1 aromatic carbocycles. The van der Waals surface area contributed by atoms with E-state index < -0.39 is 5.97 Å². The summed E-state index contributed by atoms with van der Waals surface area (Å²) in [5, 5.41) is 10.9. The molecule has 0 bridgehead atoms. The van der Waals surface area contributed by atoms with Crippen molar-refractivity contribution in [3.05, 3.63) is 65.5 Å². The molecule has 4 heteroatoms. The highest BCUT2D eigenvalue weighted by molar-refractivity contribution is 6.06. The maximum atomic E-state index is 11.7. The van der Waals surface area contributed by atoms with Crippen LogP contribution in [0.15, 0.2) is 48.7 Å². The Kier molecular flexibility index (Phi) is 3.38. The van der Waals surface area contributed by atoms with Gasteiger partial charge in [-0.25, -0.2) is 0 Å². The largest absolute Gasteiger partial charge is 0.545 e. The van der Waals surface area contributed by atoms with Crippen LogP contribution in [0.25, 0.3) is 6.08 Å². The molecule has 0 radical (unpaired) electrons. The number of hydrogen-bond donors (Lipinski definition) is 1. The van der Waals surface area contributed by atoms with Gasteiger partial charge in [0, 0.05) is 11.8 Å². The molecule has 2 aromatic rings. The molecule has 0 aliphatic rings. The van der Waals surface area contributed by atoms with Crippen LogP contribution in [-0.4, -0.2) is 16.7 Å². The van der Waals surface area contributed by atoms with Crippen LogP contribution in [0.2, 0.25) is 0 Å².